The summed E-state index contributed by atoms with van der Waals surface area (Å²) in [5, 5.41) is 17.4. The van der Waals surface area contributed by atoms with Crippen molar-refractivity contribution in [2.75, 3.05) is 13.1 Å². The second kappa shape index (κ2) is 4.70. The largest absolute Gasteiger partial charge is 0.472 e. The molecule has 1 aromatic heterocycles. The summed E-state index contributed by atoms with van der Waals surface area (Å²) >= 11 is 0. The van der Waals surface area contributed by atoms with Crippen LogP contribution in [0.5, 0.6) is 5.88 Å². The van der Waals surface area contributed by atoms with Crippen molar-refractivity contribution in [2.24, 2.45) is 0 Å². The van der Waals surface area contributed by atoms with Crippen LogP contribution < -0.4 is 4.74 Å². The van der Waals surface area contributed by atoms with Crippen LogP contribution in [-0.4, -0.2) is 40.3 Å². The first-order valence-corrected chi connectivity index (χ1v) is 5.19. The molecule has 1 aromatic rings. The Morgan fingerprint density at radius 3 is 3.00 bits per heavy atom. The maximum Gasteiger partial charge on any atom is 0.407 e. The van der Waals surface area contributed by atoms with E-state index >= 15 is 0 Å². The van der Waals surface area contributed by atoms with Crippen LogP contribution in [0, 0.1) is 11.3 Å². The van der Waals surface area contributed by atoms with E-state index in [4.69, 9.17) is 15.1 Å². The molecule has 0 aliphatic carbocycles. The first kappa shape index (κ1) is 11.2. The number of likely N-dealkylation sites (tertiary alicyclic amines) is 1. The van der Waals surface area contributed by atoms with Crippen molar-refractivity contribution in [3.63, 3.8) is 0 Å². The lowest BCUT2D eigenvalue weighted by atomic mass is 10.3. The second-order valence-corrected chi connectivity index (χ2v) is 3.75. The fourth-order valence-corrected chi connectivity index (χ4v) is 1.69. The lowest BCUT2D eigenvalue weighted by molar-refractivity contribution is 0.144. The van der Waals surface area contributed by atoms with Gasteiger partial charge >= 0.3 is 6.09 Å². The highest BCUT2D eigenvalue weighted by Gasteiger charge is 2.27. The molecule has 1 aliphatic rings. The number of carbonyl (C=O) groups is 1. The van der Waals surface area contributed by atoms with Crippen LogP contribution in [0.4, 0.5) is 4.79 Å². The number of rotatable bonds is 2. The van der Waals surface area contributed by atoms with Crippen molar-refractivity contribution < 1.29 is 14.6 Å². The van der Waals surface area contributed by atoms with Crippen molar-refractivity contribution >= 4 is 6.09 Å². The molecule has 1 fully saturated rings. The first-order chi connectivity index (χ1) is 8.19. The molecule has 1 atom stereocenters. The van der Waals surface area contributed by atoms with Crippen LogP contribution in [0.1, 0.15) is 12.0 Å². The van der Waals surface area contributed by atoms with Gasteiger partial charge in [0, 0.05) is 25.2 Å². The van der Waals surface area contributed by atoms with Gasteiger partial charge in [-0.1, -0.05) is 0 Å². The zero-order valence-electron chi connectivity index (χ0n) is 9.04. The SMILES string of the molecule is N#Cc1ccc(O[C@H]2CCN(C(=O)O)C2)nc1. The van der Waals surface area contributed by atoms with Gasteiger partial charge in [0.05, 0.1) is 12.1 Å². The van der Waals surface area contributed by atoms with Gasteiger partial charge in [-0.05, 0) is 6.07 Å². The van der Waals surface area contributed by atoms with Gasteiger partial charge < -0.3 is 14.7 Å². The Morgan fingerprint density at radius 2 is 2.47 bits per heavy atom. The Morgan fingerprint density at radius 1 is 1.65 bits per heavy atom. The van der Waals surface area contributed by atoms with Crippen molar-refractivity contribution in [2.45, 2.75) is 12.5 Å². The first-order valence-electron chi connectivity index (χ1n) is 5.19. The summed E-state index contributed by atoms with van der Waals surface area (Å²) < 4.78 is 5.53. The lowest BCUT2D eigenvalue weighted by Gasteiger charge is -2.13. The van der Waals surface area contributed by atoms with E-state index in [0.29, 0.717) is 31.0 Å². The maximum absolute atomic E-state index is 10.7. The highest BCUT2D eigenvalue weighted by atomic mass is 16.5. The van der Waals surface area contributed by atoms with Crippen LogP contribution in [0.3, 0.4) is 0 Å². The third-order valence-corrected chi connectivity index (χ3v) is 2.57. The van der Waals surface area contributed by atoms with E-state index in [1.165, 1.54) is 11.1 Å². The van der Waals surface area contributed by atoms with E-state index in [2.05, 4.69) is 4.98 Å². The van der Waals surface area contributed by atoms with Crippen molar-refractivity contribution in [1.29, 1.82) is 5.26 Å². The normalized spacial score (nSPS) is 18.8. The van der Waals surface area contributed by atoms with Crippen LogP contribution in [0.15, 0.2) is 18.3 Å². The average molecular weight is 233 g/mol. The van der Waals surface area contributed by atoms with Crippen molar-refractivity contribution in [3.8, 4) is 11.9 Å². The molecule has 17 heavy (non-hydrogen) atoms. The molecule has 1 amide bonds. The van der Waals surface area contributed by atoms with Gasteiger partial charge in [0.25, 0.3) is 0 Å². The van der Waals surface area contributed by atoms with E-state index in [-0.39, 0.29) is 6.10 Å². The minimum absolute atomic E-state index is 0.161. The fourth-order valence-electron chi connectivity index (χ4n) is 1.69. The second-order valence-electron chi connectivity index (χ2n) is 3.75. The third kappa shape index (κ3) is 2.64. The number of nitrogens with zero attached hydrogens (tertiary/aromatic N) is 3. The number of amides is 1. The number of pyridine rings is 1. The Balaban J connectivity index is 1.94. The predicted octanol–water partition coefficient (Wildman–Crippen LogP) is 1.08. The van der Waals surface area contributed by atoms with E-state index in [0.717, 1.165) is 0 Å². The molecule has 0 unspecified atom stereocenters. The molecular weight excluding hydrogens is 222 g/mol. The molecule has 1 N–H and O–H groups in total. The summed E-state index contributed by atoms with van der Waals surface area (Å²) in [4.78, 5) is 16.0. The van der Waals surface area contributed by atoms with Gasteiger partial charge in [-0.15, -0.1) is 0 Å². The Hall–Kier alpha value is -2.29. The standard InChI is InChI=1S/C11H11N3O3/c12-5-8-1-2-10(13-6-8)17-9-3-4-14(7-9)11(15)16/h1-2,6,9H,3-4,7H2,(H,15,16)/t9-/m0/s1. The molecule has 1 saturated heterocycles. The lowest BCUT2D eigenvalue weighted by Crippen LogP contribution is -2.29. The number of ether oxygens (including phenoxy) is 1. The third-order valence-electron chi connectivity index (χ3n) is 2.57. The van der Waals surface area contributed by atoms with E-state index in [1.54, 1.807) is 12.1 Å². The number of hydrogen-bond donors (Lipinski definition) is 1. The van der Waals surface area contributed by atoms with Crippen molar-refractivity contribution in [1.82, 2.24) is 9.88 Å². The number of carboxylic acid groups (broad SMARTS) is 1. The zero-order chi connectivity index (χ0) is 12.3. The van der Waals surface area contributed by atoms with Gasteiger partial charge in [0.1, 0.15) is 12.2 Å². The number of nitriles is 1. The summed E-state index contributed by atoms with van der Waals surface area (Å²) in [6, 6.07) is 5.20. The molecule has 2 heterocycles. The van der Waals surface area contributed by atoms with Gasteiger partial charge in [-0.25, -0.2) is 9.78 Å². The topological polar surface area (TPSA) is 86.5 Å². The highest BCUT2D eigenvalue weighted by molar-refractivity contribution is 5.65. The molecule has 6 nitrogen and oxygen atoms in total. The average Bonchev–Trinajstić information content (AvgIpc) is 2.79. The van der Waals surface area contributed by atoms with Gasteiger partial charge in [0.2, 0.25) is 5.88 Å². The molecule has 2 rings (SSSR count). The fraction of sp³-hybridized carbons (Fsp3) is 0.364. The molecule has 0 saturated carbocycles. The Labute approximate surface area is 98.1 Å². The molecule has 1 aliphatic heterocycles. The Kier molecular flexibility index (Phi) is 3.10. The molecule has 0 bridgehead atoms. The molecule has 6 heteroatoms. The number of aromatic nitrogens is 1. The molecular formula is C11H11N3O3. The summed E-state index contributed by atoms with van der Waals surface area (Å²) in [6.45, 7) is 0.841. The quantitative estimate of drug-likeness (QED) is 0.826. The molecule has 0 spiro atoms. The molecule has 0 aromatic carbocycles. The van der Waals surface area contributed by atoms with E-state index < -0.39 is 6.09 Å². The van der Waals surface area contributed by atoms with Crippen LogP contribution in [0.25, 0.3) is 0 Å². The molecule has 0 radical (unpaired) electrons. The van der Waals surface area contributed by atoms with Gasteiger partial charge in [0.15, 0.2) is 0 Å². The van der Waals surface area contributed by atoms with Crippen LogP contribution >= 0.6 is 0 Å². The van der Waals surface area contributed by atoms with Crippen molar-refractivity contribution in [3.05, 3.63) is 23.9 Å². The minimum Gasteiger partial charge on any atom is -0.472 e. The summed E-state index contributed by atoms with van der Waals surface area (Å²) in [7, 11) is 0. The smallest absolute Gasteiger partial charge is 0.407 e. The van der Waals surface area contributed by atoms with E-state index in [9.17, 15) is 4.79 Å². The van der Waals surface area contributed by atoms with Crippen LogP contribution in [0.2, 0.25) is 0 Å². The monoisotopic (exact) mass is 233 g/mol. The molecule has 88 valence electrons. The zero-order valence-corrected chi connectivity index (χ0v) is 9.04. The highest BCUT2D eigenvalue weighted by Crippen LogP contribution is 2.16. The number of hydrogen-bond acceptors (Lipinski definition) is 4. The van der Waals surface area contributed by atoms with Gasteiger partial charge in [-0.2, -0.15) is 5.26 Å². The Bertz CT molecular complexity index is 452. The predicted molar refractivity (Wildman–Crippen MR) is 57.6 cm³/mol. The summed E-state index contributed by atoms with van der Waals surface area (Å²) in [6.07, 6.45) is 1.00. The summed E-state index contributed by atoms with van der Waals surface area (Å²) in [5.41, 5.74) is 0.468. The van der Waals surface area contributed by atoms with E-state index in [1.807, 2.05) is 6.07 Å². The van der Waals surface area contributed by atoms with Gasteiger partial charge in [-0.3, -0.25) is 0 Å². The minimum atomic E-state index is -0.927. The van der Waals surface area contributed by atoms with Crippen LogP contribution in [-0.2, 0) is 0 Å². The summed E-state index contributed by atoms with van der Waals surface area (Å²) in [5.74, 6) is 0.418. The maximum atomic E-state index is 10.7.